The molecule has 0 bridgehead atoms. The average Bonchev–Trinajstić information content (AvgIpc) is 3.16. The van der Waals surface area contributed by atoms with Crippen LogP contribution in [-0.2, 0) is 21.2 Å². The predicted molar refractivity (Wildman–Crippen MR) is 96.8 cm³/mol. The summed E-state index contributed by atoms with van der Waals surface area (Å²) >= 11 is 0. The minimum Gasteiger partial charge on any atom is -0.337 e. The molecule has 1 N–H and O–H groups in total. The molecule has 0 aliphatic carbocycles. The summed E-state index contributed by atoms with van der Waals surface area (Å²) in [6, 6.07) is 7.23. The van der Waals surface area contributed by atoms with Crippen LogP contribution in [0.3, 0.4) is 0 Å². The Labute approximate surface area is 150 Å². The number of piperazine rings is 1. The number of nitrogens with zero attached hydrogens (tertiary/aromatic N) is 2. The number of aryl methyl sites for hydroxylation is 1. The lowest BCUT2D eigenvalue weighted by Gasteiger charge is -2.34. The summed E-state index contributed by atoms with van der Waals surface area (Å²) in [6.45, 7) is 5.73. The van der Waals surface area contributed by atoms with Gasteiger partial charge in [0.2, 0.25) is 15.9 Å². The van der Waals surface area contributed by atoms with Gasteiger partial charge < -0.3 is 10.2 Å². The summed E-state index contributed by atoms with van der Waals surface area (Å²) in [7, 11) is -3.36. The second-order valence-electron chi connectivity index (χ2n) is 6.90. The Morgan fingerprint density at radius 2 is 1.84 bits per heavy atom. The van der Waals surface area contributed by atoms with Gasteiger partial charge in [-0.2, -0.15) is 4.31 Å². The Morgan fingerprint density at radius 1 is 1.16 bits per heavy atom. The first-order valence-corrected chi connectivity index (χ1v) is 10.5. The Balaban J connectivity index is 1.58. The Hall–Kier alpha value is -1.44. The molecule has 7 heteroatoms. The number of carbonyl (C=O) groups is 1. The number of nitrogens with one attached hydrogen (secondary N) is 1. The van der Waals surface area contributed by atoms with Gasteiger partial charge in [0, 0.05) is 45.2 Å². The van der Waals surface area contributed by atoms with Crippen LogP contribution in [-0.4, -0.2) is 62.3 Å². The first-order chi connectivity index (χ1) is 12.0. The van der Waals surface area contributed by atoms with Crippen molar-refractivity contribution < 1.29 is 13.2 Å². The molecule has 25 heavy (non-hydrogen) atoms. The monoisotopic (exact) mass is 365 g/mol. The molecule has 0 spiro atoms. The molecule has 1 aromatic rings. The molecule has 2 saturated heterocycles. The van der Waals surface area contributed by atoms with Gasteiger partial charge in [-0.3, -0.25) is 4.79 Å². The first kappa shape index (κ1) is 18.4. The minimum absolute atomic E-state index is 0.169. The van der Waals surface area contributed by atoms with E-state index in [0.717, 1.165) is 38.0 Å². The maximum atomic E-state index is 12.5. The summed E-state index contributed by atoms with van der Waals surface area (Å²) in [6.07, 6.45) is 2.97. The third-order valence-corrected chi connectivity index (χ3v) is 6.99. The molecule has 1 unspecified atom stereocenters. The van der Waals surface area contributed by atoms with Crippen LogP contribution in [0.2, 0.25) is 0 Å². The summed E-state index contributed by atoms with van der Waals surface area (Å²) in [5.74, 6) is 0.169. The number of amides is 1. The molecule has 0 aromatic heterocycles. The Kier molecular flexibility index (Phi) is 5.76. The third kappa shape index (κ3) is 4.22. The van der Waals surface area contributed by atoms with Crippen LogP contribution in [0.25, 0.3) is 0 Å². The summed E-state index contributed by atoms with van der Waals surface area (Å²) in [4.78, 5) is 14.7. The first-order valence-electron chi connectivity index (χ1n) is 9.08. The fraction of sp³-hybridized carbons (Fsp3) is 0.611. The molecule has 0 saturated carbocycles. The van der Waals surface area contributed by atoms with Crippen molar-refractivity contribution in [1.82, 2.24) is 14.5 Å². The topological polar surface area (TPSA) is 69.7 Å². The SMILES string of the molecule is CC1CNCCN1C(=O)CCc1ccc(S(=O)(=O)N2CCCC2)cc1. The third-order valence-electron chi connectivity index (χ3n) is 5.08. The smallest absolute Gasteiger partial charge is 0.243 e. The van der Waals surface area contributed by atoms with Crippen molar-refractivity contribution in [2.75, 3.05) is 32.7 Å². The van der Waals surface area contributed by atoms with Gasteiger partial charge >= 0.3 is 0 Å². The van der Waals surface area contributed by atoms with Crippen molar-refractivity contribution in [2.24, 2.45) is 0 Å². The van der Waals surface area contributed by atoms with Gasteiger partial charge in [0.25, 0.3) is 0 Å². The number of hydrogen-bond acceptors (Lipinski definition) is 4. The standard InChI is InChI=1S/C18H27N3O3S/c1-15-14-19-10-13-21(15)18(22)9-6-16-4-7-17(8-5-16)25(23,24)20-11-2-3-12-20/h4-5,7-8,15,19H,2-3,6,9-14H2,1H3. The molecular weight excluding hydrogens is 338 g/mol. The largest absolute Gasteiger partial charge is 0.337 e. The van der Waals surface area contributed by atoms with Crippen LogP contribution in [0.4, 0.5) is 0 Å². The van der Waals surface area contributed by atoms with Crippen molar-refractivity contribution in [3.05, 3.63) is 29.8 Å². The number of benzene rings is 1. The van der Waals surface area contributed by atoms with E-state index >= 15 is 0 Å². The van der Waals surface area contributed by atoms with Gasteiger partial charge in [0.05, 0.1) is 4.90 Å². The molecule has 2 heterocycles. The van der Waals surface area contributed by atoms with E-state index in [1.54, 1.807) is 16.4 Å². The Morgan fingerprint density at radius 3 is 2.48 bits per heavy atom. The van der Waals surface area contributed by atoms with E-state index in [9.17, 15) is 13.2 Å². The van der Waals surface area contributed by atoms with Gasteiger partial charge in [0.15, 0.2) is 0 Å². The van der Waals surface area contributed by atoms with E-state index in [-0.39, 0.29) is 11.9 Å². The molecule has 1 atom stereocenters. The molecular formula is C18H27N3O3S. The van der Waals surface area contributed by atoms with Crippen LogP contribution in [0.5, 0.6) is 0 Å². The van der Waals surface area contributed by atoms with E-state index in [1.165, 1.54) is 0 Å². The molecule has 138 valence electrons. The fourth-order valence-corrected chi connectivity index (χ4v) is 5.03. The van der Waals surface area contributed by atoms with Crippen molar-refractivity contribution >= 4 is 15.9 Å². The van der Waals surface area contributed by atoms with Gasteiger partial charge in [-0.1, -0.05) is 12.1 Å². The maximum Gasteiger partial charge on any atom is 0.243 e. The van der Waals surface area contributed by atoms with E-state index in [2.05, 4.69) is 12.2 Å². The molecule has 2 aliphatic rings. The van der Waals surface area contributed by atoms with Crippen molar-refractivity contribution in [3.8, 4) is 0 Å². The van der Waals surface area contributed by atoms with E-state index in [1.807, 2.05) is 17.0 Å². The molecule has 3 rings (SSSR count). The van der Waals surface area contributed by atoms with Crippen molar-refractivity contribution in [3.63, 3.8) is 0 Å². The normalized spacial score (nSPS) is 22.3. The fourth-order valence-electron chi connectivity index (χ4n) is 3.51. The van der Waals surface area contributed by atoms with Crippen LogP contribution >= 0.6 is 0 Å². The quantitative estimate of drug-likeness (QED) is 0.852. The lowest BCUT2D eigenvalue weighted by Crippen LogP contribution is -2.52. The zero-order chi connectivity index (χ0) is 17.9. The molecule has 1 amide bonds. The lowest BCUT2D eigenvalue weighted by atomic mass is 10.1. The van der Waals surface area contributed by atoms with E-state index in [4.69, 9.17) is 0 Å². The zero-order valence-corrected chi connectivity index (χ0v) is 15.6. The highest BCUT2D eigenvalue weighted by Crippen LogP contribution is 2.21. The lowest BCUT2D eigenvalue weighted by molar-refractivity contribution is -0.133. The summed E-state index contributed by atoms with van der Waals surface area (Å²) in [5.41, 5.74) is 0.997. The van der Waals surface area contributed by atoms with Gasteiger partial charge in [-0.25, -0.2) is 8.42 Å². The van der Waals surface area contributed by atoms with E-state index in [0.29, 0.717) is 30.8 Å². The summed E-state index contributed by atoms with van der Waals surface area (Å²) < 4.78 is 26.6. The number of carbonyl (C=O) groups excluding carboxylic acids is 1. The molecule has 2 aliphatic heterocycles. The predicted octanol–water partition coefficient (Wildman–Crippen LogP) is 1.22. The molecule has 0 radical (unpaired) electrons. The Bertz CT molecular complexity index is 697. The highest BCUT2D eigenvalue weighted by atomic mass is 32.2. The van der Waals surface area contributed by atoms with Crippen LogP contribution in [0.1, 0.15) is 31.7 Å². The molecule has 2 fully saturated rings. The van der Waals surface area contributed by atoms with Crippen molar-refractivity contribution in [2.45, 2.75) is 43.5 Å². The van der Waals surface area contributed by atoms with Gasteiger partial charge in [0.1, 0.15) is 0 Å². The van der Waals surface area contributed by atoms with E-state index < -0.39 is 10.0 Å². The zero-order valence-electron chi connectivity index (χ0n) is 14.8. The average molecular weight is 365 g/mol. The number of sulfonamides is 1. The molecule has 1 aromatic carbocycles. The minimum atomic E-state index is -3.36. The van der Waals surface area contributed by atoms with Crippen molar-refractivity contribution in [1.29, 1.82) is 0 Å². The van der Waals surface area contributed by atoms with Crippen LogP contribution in [0.15, 0.2) is 29.2 Å². The number of rotatable bonds is 5. The van der Waals surface area contributed by atoms with Crippen LogP contribution in [0, 0.1) is 0 Å². The highest BCUT2D eigenvalue weighted by molar-refractivity contribution is 7.89. The summed E-state index contributed by atoms with van der Waals surface area (Å²) in [5, 5.41) is 3.28. The molecule has 6 nitrogen and oxygen atoms in total. The second-order valence-corrected chi connectivity index (χ2v) is 8.83. The van der Waals surface area contributed by atoms with Gasteiger partial charge in [-0.05, 0) is 43.9 Å². The van der Waals surface area contributed by atoms with Crippen LogP contribution < -0.4 is 5.32 Å². The highest BCUT2D eigenvalue weighted by Gasteiger charge is 2.27. The maximum absolute atomic E-state index is 12.5. The second kappa shape index (κ2) is 7.85. The number of hydrogen-bond donors (Lipinski definition) is 1. The van der Waals surface area contributed by atoms with Gasteiger partial charge in [-0.15, -0.1) is 0 Å².